The molecule has 110 valence electrons. The Hall–Kier alpha value is -1.87. The molecule has 0 heterocycles. The molecule has 2 aromatic rings. The molecule has 0 radical (unpaired) electrons. The number of thiocarbonyl (C=S) groups is 1. The summed E-state index contributed by atoms with van der Waals surface area (Å²) in [7, 11) is 0. The fourth-order valence-electron chi connectivity index (χ4n) is 2.17. The van der Waals surface area contributed by atoms with Gasteiger partial charge < -0.3 is 10.5 Å². The van der Waals surface area contributed by atoms with Crippen molar-refractivity contribution in [1.29, 1.82) is 0 Å². The van der Waals surface area contributed by atoms with Gasteiger partial charge in [-0.3, -0.25) is 0 Å². The molecule has 0 saturated carbocycles. The van der Waals surface area contributed by atoms with Crippen LogP contribution in [0.2, 0.25) is 0 Å². The second-order valence-corrected chi connectivity index (χ2v) is 5.93. The van der Waals surface area contributed by atoms with Crippen molar-refractivity contribution in [3.05, 3.63) is 64.7 Å². The first kappa shape index (κ1) is 15.5. The minimum atomic E-state index is 0.404. The van der Waals surface area contributed by atoms with Crippen molar-refractivity contribution in [2.24, 2.45) is 5.73 Å². The lowest BCUT2D eigenvalue weighted by Crippen LogP contribution is -2.13. The Morgan fingerprint density at radius 1 is 1.19 bits per heavy atom. The number of nitrogens with two attached hydrogens (primary N) is 1. The third-order valence-electron chi connectivity index (χ3n) is 3.54. The monoisotopic (exact) mass is 299 g/mol. The van der Waals surface area contributed by atoms with E-state index in [1.807, 2.05) is 24.3 Å². The van der Waals surface area contributed by atoms with Gasteiger partial charge in [-0.2, -0.15) is 0 Å². The number of ether oxygens (including phenoxy) is 1. The fourth-order valence-corrected chi connectivity index (χ4v) is 2.37. The van der Waals surface area contributed by atoms with Gasteiger partial charge in [0.25, 0.3) is 0 Å². The summed E-state index contributed by atoms with van der Waals surface area (Å²) in [5.74, 6) is 1.40. The number of hydrogen-bond donors (Lipinski definition) is 1. The molecule has 0 saturated heterocycles. The number of benzene rings is 2. The first-order valence-corrected chi connectivity index (χ1v) is 7.51. The second kappa shape index (κ2) is 6.72. The highest BCUT2D eigenvalue weighted by Crippen LogP contribution is 2.25. The molecular formula is C18H21NOS. The average molecular weight is 299 g/mol. The van der Waals surface area contributed by atoms with Crippen LogP contribution in [-0.4, -0.2) is 4.99 Å². The van der Waals surface area contributed by atoms with Crippen molar-refractivity contribution < 1.29 is 4.74 Å². The first-order chi connectivity index (χ1) is 9.99. The standard InChI is InChI=1S/C18H21NOS/c1-12(2)14-9-8-13(3)17(10-14)20-11-15-6-4-5-7-16(15)18(19)21/h4-10,12H,11H2,1-3H3,(H2,19,21). The Morgan fingerprint density at radius 2 is 1.90 bits per heavy atom. The number of aryl methyl sites for hydroxylation is 1. The molecule has 0 aliphatic carbocycles. The number of hydrogen-bond acceptors (Lipinski definition) is 2. The Bertz CT molecular complexity index is 649. The lowest BCUT2D eigenvalue weighted by atomic mass is 10.0. The van der Waals surface area contributed by atoms with Gasteiger partial charge in [0.15, 0.2) is 0 Å². The minimum Gasteiger partial charge on any atom is -0.489 e. The summed E-state index contributed by atoms with van der Waals surface area (Å²) in [6.07, 6.45) is 0. The van der Waals surface area contributed by atoms with Gasteiger partial charge in [0.2, 0.25) is 0 Å². The van der Waals surface area contributed by atoms with Crippen molar-refractivity contribution in [2.75, 3.05) is 0 Å². The van der Waals surface area contributed by atoms with Crippen LogP contribution in [0, 0.1) is 6.92 Å². The Kier molecular flexibility index (Phi) is 4.97. The maximum absolute atomic E-state index is 5.99. The van der Waals surface area contributed by atoms with Crippen LogP contribution in [0.4, 0.5) is 0 Å². The maximum Gasteiger partial charge on any atom is 0.123 e. The van der Waals surface area contributed by atoms with Crippen LogP contribution in [0.3, 0.4) is 0 Å². The summed E-state index contributed by atoms with van der Waals surface area (Å²) in [6, 6.07) is 14.2. The van der Waals surface area contributed by atoms with E-state index in [9.17, 15) is 0 Å². The van der Waals surface area contributed by atoms with Crippen LogP contribution >= 0.6 is 12.2 Å². The molecule has 2 aromatic carbocycles. The molecule has 0 aliphatic rings. The summed E-state index contributed by atoms with van der Waals surface area (Å²) in [5.41, 5.74) is 10.1. The normalized spacial score (nSPS) is 10.7. The molecule has 0 fully saturated rings. The van der Waals surface area contributed by atoms with Crippen molar-refractivity contribution >= 4 is 17.2 Å². The van der Waals surface area contributed by atoms with E-state index in [4.69, 9.17) is 22.7 Å². The molecule has 0 atom stereocenters. The van der Waals surface area contributed by atoms with Crippen LogP contribution in [0.1, 0.15) is 42.0 Å². The fraction of sp³-hybridized carbons (Fsp3) is 0.278. The highest BCUT2D eigenvalue weighted by atomic mass is 32.1. The minimum absolute atomic E-state index is 0.404. The zero-order valence-electron chi connectivity index (χ0n) is 12.7. The van der Waals surface area contributed by atoms with E-state index in [2.05, 4.69) is 39.0 Å². The predicted octanol–water partition coefficient (Wildman–Crippen LogP) is 4.33. The van der Waals surface area contributed by atoms with E-state index in [1.54, 1.807) is 0 Å². The Morgan fingerprint density at radius 3 is 2.57 bits per heavy atom. The Labute approximate surface area is 131 Å². The summed E-state index contributed by atoms with van der Waals surface area (Å²) >= 11 is 5.08. The summed E-state index contributed by atoms with van der Waals surface area (Å²) in [5, 5.41) is 0. The topological polar surface area (TPSA) is 35.2 Å². The molecule has 21 heavy (non-hydrogen) atoms. The van der Waals surface area contributed by atoms with E-state index < -0.39 is 0 Å². The number of rotatable bonds is 5. The maximum atomic E-state index is 5.99. The lowest BCUT2D eigenvalue weighted by molar-refractivity contribution is 0.303. The van der Waals surface area contributed by atoms with Gasteiger partial charge in [-0.1, -0.05) is 62.5 Å². The van der Waals surface area contributed by atoms with Crippen molar-refractivity contribution in [2.45, 2.75) is 33.3 Å². The van der Waals surface area contributed by atoms with Gasteiger partial charge in [0.05, 0.1) is 0 Å². The molecule has 0 spiro atoms. The highest BCUT2D eigenvalue weighted by molar-refractivity contribution is 7.80. The molecule has 2 rings (SSSR count). The van der Waals surface area contributed by atoms with Gasteiger partial charge in [-0.15, -0.1) is 0 Å². The molecule has 2 N–H and O–H groups in total. The molecule has 0 aliphatic heterocycles. The quantitative estimate of drug-likeness (QED) is 0.835. The largest absolute Gasteiger partial charge is 0.489 e. The average Bonchev–Trinajstić information content (AvgIpc) is 2.46. The zero-order valence-corrected chi connectivity index (χ0v) is 13.5. The molecule has 3 heteroatoms. The predicted molar refractivity (Wildman–Crippen MR) is 91.9 cm³/mol. The highest BCUT2D eigenvalue weighted by Gasteiger charge is 2.08. The van der Waals surface area contributed by atoms with E-state index in [0.717, 1.165) is 22.4 Å². The van der Waals surface area contributed by atoms with Crippen LogP contribution in [0.25, 0.3) is 0 Å². The second-order valence-electron chi connectivity index (χ2n) is 5.49. The first-order valence-electron chi connectivity index (χ1n) is 7.10. The molecule has 0 aromatic heterocycles. The third-order valence-corrected chi connectivity index (χ3v) is 3.76. The Balaban J connectivity index is 2.20. The molecule has 0 amide bonds. The molecular weight excluding hydrogens is 278 g/mol. The lowest BCUT2D eigenvalue weighted by Gasteiger charge is -2.14. The third kappa shape index (κ3) is 3.82. The summed E-state index contributed by atoms with van der Waals surface area (Å²) in [6.45, 7) is 6.88. The molecule has 0 unspecified atom stereocenters. The van der Waals surface area contributed by atoms with E-state index in [1.165, 1.54) is 5.56 Å². The van der Waals surface area contributed by atoms with Crippen molar-refractivity contribution in [3.8, 4) is 5.75 Å². The van der Waals surface area contributed by atoms with Gasteiger partial charge in [0, 0.05) is 5.56 Å². The van der Waals surface area contributed by atoms with E-state index >= 15 is 0 Å². The van der Waals surface area contributed by atoms with Crippen molar-refractivity contribution in [1.82, 2.24) is 0 Å². The molecule has 2 nitrogen and oxygen atoms in total. The summed E-state index contributed by atoms with van der Waals surface area (Å²) in [4.78, 5) is 0.404. The van der Waals surface area contributed by atoms with Gasteiger partial charge in [0.1, 0.15) is 17.3 Å². The van der Waals surface area contributed by atoms with Crippen molar-refractivity contribution in [3.63, 3.8) is 0 Å². The van der Waals surface area contributed by atoms with Gasteiger partial charge in [-0.25, -0.2) is 0 Å². The van der Waals surface area contributed by atoms with Gasteiger partial charge in [-0.05, 0) is 35.6 Å². The van der Waals surface area contributed by atoms with E-state index in [-0.39, 0.29) is 0 Å². The smallest absolute Gasteiger partial charge is 0.123 e. The van der Waals surface area contributed by atoms with Crippen LogP contribution in [0.15, 0.2) is 42.5 Å². The summed E-state index contributed by atoms with van der Waals surface area (Å²) < 4.78 is 5.99. The zero-order chi connectivity index (χ0) is 15.4. The SMILES string of the molecule is Cc1ccc(C(C)C)cc1OCc1ccccc1C(N)=S. The van der Waals surface area contributed by atoms with Gasteiger partial charge >= 0.3 is 0 Å². The van der Waals surface area contributed by atoms with E-state index in [0.29, 0.717) is 17.5 Å². The molecule has 0 bridgehead atoms. The van der Waals surface area contributed by atoms with Crippen LogP contribution in [0.5, 0.6) is 5.75 Å². The van der Waals surface area contributed by atoms with Crippen LogP contribution in [-0.2, 0) is 6.61 Å². The van der Waals surface area contributed by atoms with Crippen LogP contribution < -0.4 is 10.5 Å².